The molecule has 1 N–H and O–H groups in total. The van der Waals surface area contributed by atoms with E-state index in [9.17, 15) is 0 Å². The van der Waals surface area contributed by atoms with Crippen molar-refractivity contribution in [3.8, 4) is 0 Å². The van der Waals surface area contributed by atoms with E-state index in [1.165, 1.54) is 38.5 Å². The van der Waals surface area contributed by atoms with Crippen LogP contribution in [-0.4, -0.2) is 50.3 Å². The van der Waals surface area contributed by atoms with Gasteiger partial charge < -0.3 is 10.1 Å². The summed E-state index contributed by atoms with van der Waals surface area (Å²) in [4.78, 5) is 2.46. The molecular formula is C16H30N2O. The maximum atomic E-state index is 5.20. The Morgan fingerprint density at radius 3 is 2.89 bits per heavy atom. The molecule has 2 aliphatic rings. The molecule has 3 unspecified atom stereocenters. The van der Waals surface area contributed by atoms with Crippen LogP contribution >= 0.6 is 0 Å². The molecule has 0 bridgehead atoms. The zero-order valence-corrected chi connectivity index (χ0v) is 12.4. The summed E-state index contributed by atoms with van der Waals surface area (Å²) in [6.45, 7) is 7.79. The molecule has 0 spiro atoms. The van der Waals surface area contributed by atoms with Gasteiger partial charge in [-0.25, -0.2) is 0 Å². The molecule has 0 radical (unpaired) electrons. The number of nitrogens with zero attached hydrogens (tertiary/aromatic N) is 1. The van der Waals surface area contributed by atoms with Gasteiger partial charge in [0.15, 0.2) is 0 Å². The molecule has 3 atom stereocenters. The zero-order valence-electron chi connectivity index (χ0n) is 12.4. The minimum Gasteiger partial charge on any atom is -0.383 e. The number of rotatable bonds is 7. The van der Waals surface area contributed by atoms with Crippen molar-refractivity contribution in [1.29, 1.82) is 0 Å². The highest BCUT2D eigenvalue weighted by molar-refractivity contribution is 4.91. The van der Waals surface area contributed by atoms with Crippen molar-refractivity contribution in [2.75, 3.05) is 33.4 Å². The van der Waals surface area contributed by atoms with Crippen molar-refractivity contribution < 1.29 is 4.74 Å². The maximum Gasteiger partial charge on any atom is 0.0589 e. The Kier molecular flexibility index (Phi) is 6.35. The molecular weight excluding hydrogens is 236 g/mol. The van der Waals surface area contributed by atoms with Crippen LogP contribution in [0.4, 0.5) is 0 Å². The van der Waals surface area contributed by atoms with E-state index in [4.69, 9.17) is 4.74 Å². The van der Waals surface area contributed by atoms with Gasteiger partial charge in [0.2, 0.25) is 0 Å². The van der Waals surface area contributed by atoms with Crippen molar-refractivity contribution in [3.05, 3.63) is 12.7 Å². The van der Waals surface area contributed by atoms with Gasteiger partial charge >= 0.3 is 0 Å². The quantitative estimate of drug-likeness (QED) is 0.716. The van der Waals surface area contributed by atoms with Crippen LogP contribution in [-0.2, 0) is 4.74 Å². The molecule has 2 rings (SSSR count). The standard InChI is InChI=1S/C16H30N2O/c1-3-10-18(11-12-19-2)13-15-9-8-14-6-4-5-7-16(14)17-15/h3,14-17H,1,4-13H2,2H3. The van der Waals surface area contributed by atoms with Crippen LogP contribution < -0.4 is 5.32 Å². The van der Waals surface area contributed by atoms with Crippen LogP contribution in [0.25, 0.3) is 0 Å². The van der Waals surface area contributed by atoms with Crippen LogP contribution in [0, 0.1) is 5.92 Å². The smallest absolute Gasteiger partial charge is 0.0589 e. The minimum absolute atomic E-state index is 0.663. The predicted molar refractivity (Wildman–Crippen MR) is 80.4 cm³/mol. The Morgan fingerprint density at radius 1 is 1.26 bits per heavy atom. The summed E-state index contributed by atoms with van der Waals surface area (Å²) in [5.74, 6) is 0.955. The lowest BCUT2D eigenvalue weighted by Gasteiger charge is -2.42. The molecule has 1 saturated heterocycles. The maximum absolute atomic E-state index is 5.20. The van der Waals surface area contributed by atoms with Gasteiger partial charge in [0.05, 0.1) is 6.61 Å². The van der Waals surface area contributed by atoms with Crippen molar-refractivity contribution in [2.45, 2.75) is 50.6 Å². The third kappa shape index (κ3) is 4.59. The van der Waals surface area contributed by atoms with E-state index in [2.05, 4.69) is 16.8 Å². The Balaban J connectivity index is 1.78. The van der Waals surface area contributed by atoms with Gasteiger partial charge in [0.1, 0.15) is 0 Å². The Labute approximate surface area is 118 Å². The lowest BCUT2D eigenvalue weighted by Crippen LogP contribution is -2.53. The molecule has 2 fully saturated rings. The minimum atomic E-state index is 0.663. The molecule has 110 valence electrons. The molecule has 0 aromatic rings. The molecule has 0 aromatic carbocycles. The summed E-state index contributed by atoms with van der Waals surface area (Å²) in [6.07, 6.45) is 10.5. The first kappa shape index (κ1) is 15.0. The first-order valence-corrected chi connectivity index (χ1v) is 7.91. The molecule has 1 aliphatic heterocycles. The SMILES string of the molecule is C=CCN(CCOC)CC1CCC2CCCCC2N1. The van der Waals surface area contributed by atoms with Crippen LogP contribution in [0.3, 0.4) is 0 Å². The largest absolute Gasteiger partial charge is 0.383 e. The number of nitrogens with one attached hydrogen (secondary N) is 1. The zero-order chi connectivity index (χ0) is 13.5. The van der Waals surface area contributed by atoms with E-state index < -0.39 is 0 Å². The van der Waals surface area contributed by atoms with Crippen molar-refractivity contribution in [2.24, 2.45) is 5.92 Å². The van der Waals surface area contributed by atoms with Crippen molar-refractivity contribution in [1.82, 2.24) is 10.2 Å². The molecule has 0 aromatic heterocycles. The molecule has 1 aliphatic carbocycles. The Hall–Kier alpha value is -0.380. The third-order valence-electron chi connectivity index (χ3n) is 4.72. The second kappa shape index (κ2) is 8.03. The Morgan fingerprint density at radius 2 is 2.11 bits per heavy atom. The van der Waals surface area contributed by atoms with Gasteiger partial charge in [-0.05, 0) is 31.6 Å². The average molecular weight is 266 g/mol. The fourth-order valence-electron chi connectivity index (χ4n) is 3.69. The number of piperidine rings is 1. The summed E-state index contributed by atoms with van der Waals surface area (Å²) in [7, 11) is 1.78. The van der Waals surface area contributed by atoms with Crippen LogP contribution in [0.5, 0.6) is 0 Å². The molecule has 3 heteroatoms. The first-order chi connectivity index (χ1) is 9.33. The molecule has 19 heavy (non-hydrogen) atoms. The van der Waals surface area contributed by atoms with Crippen molar-refractivity contribution >= 4 is 0 Å². The monoisotopic (exact) mass is 266 g/mol. The third-order valence-corrected chi connectivity index (χ3v) is 4.72. The van der Waals surface area contributed by atoms with Gasteiger partial charge in [-0.1, -0.05) is 18.9 Å². The second-order valence-corrected chi connectivity index (χ2v) is 6.13. The van der Waals surface area contributed by atoms with Gasteiger partial charge in [0.25, 0.3) is 0 Å². The highest BCUT2D eigenvalue weighted by Gasteiger charge is 2.31. The summed E-state index contributed by atoms with van der Waals surface area (Å²) in [5, 5.41) is 3.90. The summed E-state index contributed by atoms with van der Waals surface area (Å²) < 4.78 is 5.20. The highest BCUT2D eigenvalue weighted by Crippen LogP contribution is 2.32. The molecule has 0 amide bonds. The second-order valence-electron chi connectivity index (χ2n) is 6.13. The normalized spacial score (nSPS) is 31.2. The number of hydrogen-bond donors (Lipinski definition) is 1. The molecule has 1 heterocycles. The fraction of sp³-hybridized carbons (Fsp3) is 0.875. The van der Waals surface area contributed by atoms with Gasteiger partial charge in [-0.2, -0.15) is 0 Å². The number of hydrogen-bond acceptors (Lipinski definition) is 3. The van der Waals surface area contributed by atoms with E-state index in [-0.39, 0.29) is 0 Å². The van der Waals surface area contributed by atoms with E-state index >= 15 is 0 Å². The number of ether oxygens (including phenoxy) is 1. The van der Waals surface area contributed by atoms with Crippen molar-refractivity contribution in [3.63, 3.8) is 0 Å². The van der Waals surface area contributed by atoms with Crippen LogP contribution in [0.15, 0.2) is 12.7 Å². The number of fused-ring (bicyclic) bond motifs is 1. The summed E-state index contributed by atoms with van der Waals surface area (Å²) in [5.41, 5.74) is 0. The highest BCUT2D eigenvalue weighted by atomic mass is 16.5. The van der Waals surface area contributed by atoms with E-state index in [0.29, 0.717) is 6.04 Å². The Bertz CT molecular complexity index is 269. The van der Waals surface area contributed by atoms with E-state index in [0.717, 1.165) is 38.2 Å². The summed E-state index contributed by atoms with van der Waals surface area (Å²) >= 11 is 0. The average Bonchev–Trinajstić information content (AvgIpc) is 2.45. The topological polar surface area (TPSA) is 24.5 Å². The fourth-order valence-corrected chi connectivity index (χ4v) is 3.69. The predicted octanol–water partition coefficient (Wildman–Crippen LogP) is 2.43. The lowest BCUT2D eigenvalue weighted by molar-refractivity contribution is 0.122. The van der Waals surface area contributed by atoms with Crippen LogP contribution in [0.1, 0.15) is 38.5 Å². The summed E-state index contributed by atoms with van der Waals surface area (Å²) in [6, 6.07) is 1.46. The van der Waals surface area contributed by atoms with E-state index in [1.54, 1.807) is 7.11 Å². The number of methoxy groups -OCH3 is 1. The van der Waals surface area contributed by atoms with Gasteiger partial charge in [-0.3, -0.25) is 4.90 Å². The first-order valence-electron chi connectivity index (χ1n) is 7.91. The van der Waals surface area contributed by atoms with Gasteiger partial charge in [-0.15, -0.1) is 6.58 Å². The lowest BCUT2D eigenvalue weighted by atomic mass is 9.78. The van der Waals surface area contributed by atoms with Gasteiger partial charge in [0, 0.05) is 38.8 Å². The molecule has 1 saturated carbocycles. The van der Waals surface area contributed by atoms with E-state index in [1.807, 2.05) is 6.08 Å². The molecule has 3 nitrogen and oxygen atoms in total. The van der Waals surface area contributed by atoms with Crippen LogP contribution in [0.2, 0.25) is 0 Å².